The summed E-state index contributed by atoms with van der Waals surface area (Å²) < 4.78 is 27.3. The summed E-state index contributed by atoms with van der Waals surface area (Å²) in [5, 5.41) is 4.67. The third kappa shape index (κ3) is 4.79. The van der Waals surface area contributed by atoms with Gasteiger partial charge in [-0.15, -0.1) is 11.3 Å². The average molecular weight is 415 g/mol. The van der Waals surface area contributed by atoms with Crippen LogP contribution in [0.1, 0.15) is 41.4 Å². The van der Waals surface area contributed by atoms with Crippen molar-refractivity contribution in [2.75, 3.05) is 4.72 Å². The zero-order valence-electron chi connectivity index (χ0n) is 15.7. The van der Waals surface area contributed by atoms with Crippen molar-refractivity contribution in [2.24, 2.45) is 0 Å². The van der Waals surface area contributed by atoms with Gasteiger partial charge in [-0.05, 0) is 60.2 Å². The summed E-state index contributed by atoms with van der Waals surface area (Å²) in [5.74, 6) is -0.209. The van der Waals surface area contributed by atoms with Gasteiger partial charge in [-0.25, -0.2) is 8.42 Å². The van der Waals surface area contributed by atoms with Gasteiger partial charge in [0.15, 0.2) is 0 Å². The van der Waals surface area contributed by atoms with Gasteiger partial charge in [-0.1, -0.05) is 37.3 Å². The van der Waals surface area contributed by atoms with Crippen molar-refractivity contribution in [3.63, 3.8) is 0 Å². The molecule has 1 atom stereocenters. The minimum Gasteiger partial charge on any atom is -0.346 e. The summed E-state index contributed by atoms with van der Waals surface area (Å²) in [6, 6.07) is 17.6. The Hall–Kier alpha value is -2.64. The Morgan fingerprint density at radius 3 is 2.29 bits per heavy atom. The molecule has 7 heteroatoms. The second-order valence-corrected chi connectivity index (χ2v) is 9.26. The third-order valence-corrected chi connectivity index (χ3v) is 7.17. The monoisotopic (exact) mass is 414 g/mol. The molecule has 0 spiro atoms. The third-order valence-electron chi connectivity index (χ3n) is 4.39. The van der Waals surface area contributed by atoms with E-state index in [-0.39, 0.29) is 16.2 Å². The molecule has 0 saturated heterocycles. The SMILES string of the molecule is CCc1ccc(C(C)NC(=O)c2ccc(NS(=O)(=O)c3cccs3)cc2)cc1. The maximum absolute atomic E-state index is 12.5. The van der Waals surface area contributed by atoms with Gasteiger partial charge in [0.2, 0.25) is 0 Å². The highest BCUT2D eigenvalue weighted by molar-refractivity contribution is 7.94. The molecule has 0 aliphatic rings. The lowest BCUT2D eigenvalue weighted by Crippen LogP contribution is -2.26. The molecule has 3 rings (SSSR count). The maximum atomic E-state index is 12.5. The fraction of sp³-hybridized carbons (Fsp3) is 0.190. The van der Waals surface area contributed by atoms with Crippen LogP contribution < -0.4 is 10.0 Å². The molecule has 1 unspecified atom stereocenters. The van der Waals surface area contributed by atoms with Crippen LogP contribution in [-0.4, -0.2) is 14.3 Å². The molecule has 2 aromatic carbocycles. The molecule has 0 saturated carbocycles. The number of hydrogen-bond donors (Lipinski definition) is 2. The molecule has 0 aliphatic heterocycles. The second kappa shape index (κ2) is 8.58. The Labute approximate surface area is 169 Å². The van der Waals surface area contributed by atoms with E-state index in [1.807, 2.05) is 19.1 Å². The van der Waals surface area contributed by atoms with E-state index in [0.29, 0.717) is 11.3 Å². The zero-order chi connectivity index (χ0) is 20.1. The Morgan fingerprint density at radius 1 is 1.04 bits per heavy atom. The summed E-state index contributed by atoms with van der Waals surface area (Å²) in [4.78, 5) is 12.5. The van der Waals surface area contributed by atoms with Crippen LogP contribution in [0.3, 0.4) is 0 Å². The molecule has 3 aromatic rings. The summed E-state index contributed by atoms with van der Waals surface area (Å²) in [6.07, 6.45) is 0.976. The molecule has 0 fully saturated rings. The van der Waals surface area contributed by atoms with Gasteiger partial charge in [-0.2, -0.15) is 0 Å². The molecular formula is C21H22N2O3S2. The predicted molar refractivity (Wildman–Crippen MR) is 113 cm³/mol. The van der Waals surface area contributed by atoms with E-state index in [1.165, 1.54) is 5.56 Å². The van der Waals surface area contributed by atoms with Crippen LogP contribution in [0.4, 0.5) is 5.69 Å². The maximum Gasteiger partial charge on any atom is 0.271 e. The van der Waals surface area contributed by atoms with Crippen molar-refractivity contribution in [3.8, 4) is 0 Å². The van der Waals surface area contributed by atoms with Gasteiger partial charge in [-0.3, -0.25) is 9.52 Å². The van der Waals surface area contributed by atoms with E-state index in [0.717, 1.165) is 23.3 Å². The van der Waals surface area contributed by atoms with E-state index in [4.69, 9.17) is 0 Å². The number of nitrogens with one attached hydrogen (secondary N) is 2. The molecule has 2 N–H and O–H groups in total. The number of anilines is 1. The van der Waals surface area contributed by atoms with Crippen molar-refractivity contribution >= 4 is 33.0 Å². The highest BCUT2D eigenvalue weighted by Crippen LogP contribution is 2.21. The number of thiophene rings is 1. The number of sulfonamides is 1. The number of hydrogen-bond acceptors (Lipinski definition) is 4. The Kier molecular flexibility index (Phi) is 6.16. The average Bonchev–Trinajstić information content (AvgIpc) is 3.24. The van der Waals surface area contributed by atoms with Crippen LogP contribution in [0.15, 0.2) is 70.3 Å². The normalized spacial score (nSPS) is 12.4. The van der Waals surface area contributed by atoms with Crippen LogP contribution >= 0.6 is 11.3 Å². The fourth-order valence-corrected chi connectivity index (χ4v) is 4.77. The van der Waals surface area contributed by atoms with E-state index in [1.54, 1.807) is 41.8 Å². The molecule has 0 aliphatic carbocycles. The first kappa shape index (κ1) is 20.1. The number of aryl methyl sites for hydroxylation is 1. The lowest BCUT2D eigenvalue weighted by atomic mass is 10.0. The van der Waals surface area contributed by atoms with Gasteiger partial charge >= 0.3 is 0 Å². The number of rotatable bonds is 7. The molecule has 0 bridgehead atoms. The van der Waals surface area contributed by atoms with E-state index >= 15 is 0 Å². The van der Waals surface area contributed by atoms with Crippen LogP contribution in [0.5, 0.6) is 0 Å². The molecule has 1 aromatic heterocycles. The Balaban J connectivity index is 1.64. The molecular weight excluding hydrogens is 392 g/mol. The van der Waals surface area contributed by atoms with Gasteiger partial charge in [0.05, 0.1) is 6.04 Å². The number of carbonyl (C=O) groups excluding carboxylic acids is 1. The van der Waals surface area contributed by atoms with Gasteiger partial charge < -0.3 is 5.32 Å². The van der Waals surface area contributed by atoms with Crippen LogP contribution in [-0.2, 0) is 16.4 Å². The number of amides is 1. The lowest BCUT2D eigenvalue weighted by molar-refractivity contribution is 0.0940. The highest BCUT2D eigenvalue weighted by atomic mass is 32.2. The van der Waals surface area contributed by atoms with E-state index in [9.17, 15) is 13.2 Å². The lowest BCUT2D eigenvalue weighted by Gasteiger charge is -2.15. The number of benzene rings is 2. The van der Waals surface area contributed by atoms with Gasteiger partial charge in [0, 0.05) is 11.3 Å². The van der Waals surface area contributed by atoms with Crippen LogP contribution in [0.25, 0.3) is 0 Å². The first-order valence-electron chi connectivity index (χ1n) is 8.95. The zero-order valence-corrected chi connectivity index (χ0v) is 17.3. The Bertz CT molecular complexity index is 1030. The summed E-state index contributed by atoms with van der Waals surface area (Å²) in [5.41, 5.74) is 3.16. The van der Waals surface area contributed by atoms with Gasteiger partial charge in [0.1, 0.15) is 4.21 Å². The first-order valence-corrected chi connectivity index (χ1v) is 11.3. The molecule has 1 heterocycles. The molecule has 28 heavy (non-hydrogen) atoms. The predicted octanol–water partition coefficient (Wildman–Crippen LogP) is 4.60. The largest absolute Gasteiger partial charge is 0.346 e. The quantitative estimate of drug-likeness (QED) is 0.593. The van der Waals surface area contributed by atoms with Crippen molar-refractivity contribution in [1.82, 2.24) is 5.32 Å². The first-order chi connectivity index (χ1) is 13.4. The smallest absolute Gasteiger partial charge is 0.271 e. The summed E-state index contributed by atoms with van der Waals surface area (Å²) in [7, 11) is -3.60. The second-order valence-electron chi connectivity index (χ2n) is 6.41. The minimum absolute atomic E-state index is 0.129. The molecule has 5 nitrogen and oxygen atoms in total. The minimum atomic E-state index is -3.60. The summed E-state index contributed by atoms with van der Waals surface area (Å²) >= 11 is 1.15. The van der Waals surface area contributed by atoms with Crippen LogP contribution in [0.2, 0.25) is 0 Å². The van der Waals surface area contributed by atoms with Crippen LogP contribution in [0, 0.1) is 0 Å². The standard InChI is InChI=1S/C21H22N2O3S2/c1-3-16-6-8-17(9-7-16)15(2)22-21(24)18-10-12-19(13-11-18)23-28(25,26)20-5-4-14-27-20/h4-15,23H,3H2,1-2H3,(H,22,24). The summed E-state index contributed by atoms with van der Waals surface area (Å²) in [6.45, 7) is 4.03. The van der Waals surface area contributed by atoms with Crippen molar-refractivity contribution < 1.29 is 13.2 Å². The molecule has 0 radical (unpaired) electrons. The van der Waals surface area contributed by atoms with E-state index < -0.39 is 10.0 Å². The highest BCUT2D eigenvalue weighted by Gasteiger charge is 2.16. The molecule has 146 valence electrons. The van der Waals surface area contributed by atoms with E-state index in [2.05, 4.69) is 29.1 Å². The number of carbonyl (C=O) groups is 1. The van der Waals surface area contributed by atoms with Gasteiger partial charge in [0.25, 0.3) is 15.9 Å². The topological polar surface area (TPSA) is 75.3 Å². The molecule has 1 amide bonds. The van der Waals surface area contributed by atoms with Crippen molar-refractivity contribution in [1.29, 1.82) is 0 Å². The van der Waals surface area contributed by atoms with Crippen molar-refractivity contribution in [2.45, 2.75) is 30.5 Å². The van der Waals surface area contributed by atoms with Crippen molar-refractivity contribution in [3.05, 3.63) is 82.7 Å². The Morgan fingerprint density at radius 2 is 1.71 bits per heavy atom. The fourth-order valence-electron chi connectivity index (χ4n) is 2.72.